The molecule has 0 fully saturated rings. The van der Waals surface area contributed by atoms with Gasteiger partial charge in [0.2, 0.25) is 0 Å². The average molecular weight is 547 g/mol. The second-order valence-electron chi connectivity index (χ2n) is 6.61. The highest BCUT2D eigenvalue weighted by Crippen LogP contribution is 2.29. The molecule has 2 unspecified atom stereocenters. The molecule has 0 saturated carbocycles. The van der Waals surface area contributed by atoms with Crippen LogP contribution < -0.4 is 24.8 Å². The number of nitrogens with zero attached hydrogens (tertiary/aromatic N) is 1. The maximum Gasteiger partial charge on any atom is 0.191 e. The summed E-state index contributed by atoms with van der Waals surface area (Å²) in [6.45, 7) is 4.79. The second kappa shape index (κ2) is 13.9. The molecule has 2 atom stereocenters. The lowest BCUT2D eigenvalue weighted by molar-refractivity contribution is 0.114. The minimum Gasteiger partial charge on any atom is -0.497 e. The van der Waals surface area contributed by atoms with Crippen molar-refractivity contribution < 1.29 is 23.7 Å². The number of rotatable bonds is 10. The zero-order valence-corrected chi connectivity index (χ0v) is 20.6. The van der Waals surface area contributed by atoms with E-state index in [0.717, 1.165) is 17.1 Å². The summed E-state index contributed by atoms with van der Waals surface area (Å²) >= 11 is 0. The van der Waals surface area contributed by atoms with Gasteiger partial charge < -0.3 is 30.0 Å². The first-order valence-corrected chi connectivity index (χ1v) is 9.80. The van der Waals surface area contributed by atoms with Crippen LogP contribution in [0.2, 0.25) is 0 Å². The summed E-state index contributed by atoms with van der Waals surface area (Å²) in [7, 11) is 3.24. The van der Waals surface area contributed by atoms with Gasteiger partial charge in [0.25, 0.3) is 0 Å². The van der Waals surface area contributed by atoms with Gasteiger partial charge in [-0.2, -0.15) is 0 Å². The molecule has 0 saturated heterocycles. The van der Waals surface area contributed by atoms with Crippen molar-refractivity contribution in [2.75, 3.05) is 33.9 Å². The zero-order valence-electron chi connectivity index (χ0n) is 18.2. The Morgan fingerprint density at radius 3 is 2.39 bits per heavy atom. The Balaban J connectivity index is 0.00000480. The molecule has 0 heterocycles. The largest absolute Gasteiger partial charge is 0.497 e. The van der Waals surface area contributed by atoms with Crippen LogP contribution in [0.5, 0.6) is 17.2 Å². The smallest absolute Gasteiger partial charge is 0.191 e. The van der Waals surface area contributed by atoms with Gasteiger partial charge in [0, 0.05) is 12.1 Å². The summed E-state index contributed by atoms with van der Waals surface area (Å²) in [5, 5.41) is 16.6. The van der Waals surface area contributed by atoms with Crippen LogP contribution in [0.3, 0.4) is 0 Å². The Hall–Kier alpha value is -2.27. The molecule has 0 bridgehead atoms. The number of aliphatic hydroxyl groups excluding tert-OH is 1. The van der Waals surface area contributed by atoms with Crippen LogP contribution in [0.4, 0.5) is 4.39 Å². The van der Waals surface area contributed by atoms with Crippen molar-refractivity contribution in [2.24, 2.45) is 4.99 Å². The molecule has 0 aliphatic rings. The van der Waals surface area contributed by atoms with Crippen LogP contribution in [0.25, 0.3) is 0 Å². The third kappa shape index (κ3) is 8.78. The maximum absolute atomic E-state index is 12.9. The molecular weight excluding hydrogens is 516 g/mol. The molecule has 2 aromatic carbocycles. The SMILES string of the molecule is CCNC(=NCC(O)COc1ccc(F)cc1)NC(C)c1cc(OC)ccc1OC.I. The second-order valence-corrected chi connectivity index (χ2v) is 6.61. The Bertz CT molecular complexity index is 821. The molecule has 2 aromatic rings. The zero-order chi connectivity index (χ0) is 21.9. The molecule has 9 heteroatoms. The van der Waals surface area contributed by atoms with Gasteiger partial charge in [0.15, 0.2) is 5.96 Å². The van der Waals surface area contributed by atoms with Crippen LogP contribution in [0.15, 0.2) is 47.5 Å². The molecule has 2 rings (SSSR count). The summed E-state index contributed by atoms with van der Waals surface area (Å²) < 4.78 is 29.2. The van der Waals surface area contributed by atoms with Gasteiger partial charge in [-0.25, -0.2) is 4.39 Å². The van der Waals surface area contributed by atoms with E-state index in [1.165, 1.54) is 24.3 Å². The lowest BCUT2D eigenvalue weighted by Gasteiger charge is -2.21. The predicted octanol–water partition coefficient (Wildman–Crippen LogP) is 3.52. The molecule has 3 N–H and O–H groups in total. The number of hydrogen-bond acceptors (Lipinski definition) is 5. The maximum atomic E-state index is 12.9. The molecule has 0 aliphatic carbocycles. The number of aliphatic imine (C=N–C) groups is 1. The number of hydrogen-bond donors (Lipinski definition) is 3. The van der Waals surface area contributed by atoms with Gasteiger partial charge in [-0.1, -0.05) is 0 Å². The van der Waals surface area contributed by atoms with Crippen molar-refractivity contribution in [3.8, 4) is 17.2 Å². The van der Waals surface area contributed by atoms with Crippen molar-refractivity contribution in [3.63, 3.8) is 0 Å². The van der Waals surface area contributed by atoms with E-state index in [1.54, 1.807) is 14.2 Å². The van der Waals surface area contributed by atoms with E-state index in [1.807, 2.05) is 32.0 Å². The lowest BCUT2D eigenvalue weighted by atomic mass is 10.1. The third-order valence-electron chi connectivity index (χ3n) is 4.32. The van der Waals surface area contributed by atoms with E-state index in [0.29, 0.717) is 18.3 Å². The summed E-state index contributed by atoms with van der Waals surface area (Å²) in [5.41, 5.74) is 0.919. The van der Waals surface area contributed by atoms with Crippen LogP contribution in [0.1, 0.15) is 25.5 Å². The van der Waals surface area contributed by atoms with Crippen molar-refractivity contribution in [1.29, 1.82) is 0 Å². The van der Waals surface area contributed by atoms with E-state index in [2.05, 4.69) is 15.6 Å². The number of ether oxygens (including phenoxy) is 3. The summed E-state index contributed by atoms with van der Waals surface area (Å²) in [5.74, 6) is 2.17. The number of halogens is 2. The fourth-order valence-electron chi connectivity index (χ4n) is 2.75. The van der Waals surface area contributed by atoms with Crippen LogP contribution in [0, 0.1) is 5.82 Å². The number of methoxy groups -OCH3 is 2. The minimum absolute atomic E-state index is 0. The van der Waals surface area contributed by atoms with E-state index < -0.39 is 6.10 Å². The number of aliphatic hydroxyl groups is 1. The van der Waals surface area contributed by atoms with Crippen LogP contribution in [-0.2, 0) is 0 Å². The molecule has 0 radical (unpaired) electrons. The Kier molecular flexibility index (Phi) is 12.0. The highest BCUT2D eigenvalue weighted by atomic mass is 127. The van der Waals surface area contributed by atoms with Crippen LogP contribution in [-0.4, -0.2) is 51.1 Å². The normalized spacial score (nSPS) is 12.9. The Labute approximate surface area is 200 Å². The quantitative estimate of drug-likeness (QED) is 0.240. The average Bonchev–Trinajstić information content (AvgIpc) is 2.76. The van der Waals surface area contributed by atoms with Crippen molar-refractivity contribution in [1.82, 2.24) is 10.6 Å². The Morgan fingerprint density at radius 1 is 1.10 bits per heavy atom. The monoisotopic (exact) mass is 547 g/mol. The van der Waals surface area contributed by atoms with E-state index in [9.17, 15) is 9.50 Å². The topological polar surface area (TPSA) is 84.3 Å². The molecule has 0 aliphatic heterocycles. The number of benzene rings is 2. The highest BCUT2D eigenvalue weighted by molar-refractivity contribution is 14.0. The predicted molar refractivity (Wildman–Crippen MR) is 130 cm³/mol. The van der Waals surface area contributed by atoms with Gasteiger partial charge in [-0.3, -0.25) is 4.99 Å². The first kappa shape index (κ1) is 26.8. The van der Waals surface area contributed by atoms with E-state index in [4.69, 9.17) is 14.2 Å². The van der Waals surface area contributed by atoms with Crippen molar-refractivity contribution in [3.05, 3.63) is 53.8 Å². The van der Waals surface area contributed by atoms with Gasteiger partial charge in [-0.15, -0.1) is 24.0 Å². The fourth-order valence-corrected chi connectivity index (χ4v) is 2.75. The molecule has 0 amide bonds. The molecule has 0 spiro atoms. The first-order valence-electron chi connectivity index (χ1n) is 9.80. The molecule has 0 aromatic heterocycles. The van der Waals surface area contributed by atoms with Gasteiger partial charge in [0.1, 0.15) is 35.8 Å². The number of nitrogens with one attached hydrogen (secondary N) is 2. The first-order chi connectivity index (χ1) is 14.5. The number of guanidine groups is 1. The molecule has 31 heavy (non-hydrogen) atoms. The molecular formula is C22H31FIN3O4. The van der Waals surface area contributed by atoms with Gasteiger partial charge in [-0.05, 0) is 56.3 Å². The minimum atomic E-state index is -0.813. The van der Waals surface area contributed by atoms with Crippen molar-refractivity contribution in [2.45, 2.75) is 26.0 Å². The van der Waals surface area contributed by atoms with E-state index >= 15 is 0 Å². The lowest BCUT2D eigenvalue weighted by Crippen LogP contribution is -2.39. The standard InChI is InChI=1S/C22H30FN3O4.HI/c1-5-24-22(25-13-17(27)14-30-18-8-6-16(23)7-9-18)26-15(2)20-12-19(28-3)10-11-21(20)29-4;/h6-12,15,17,27H,5,13-14H2,1-4H3,(H2,24,25,26);1H. The summed E-state index contributed by atoms with van der Waals surface area (Å²) in [6.07, 6.45) is -0.813. The molecule has 172 valence electrons. The van der Waals surface area contributed by atoms with Crippen molar-refractivity contribution >= 4 is 29.9 Å². The van der Waals surface area contributed by atoms with Gasteiger partial charge in [0.05, 0.1) is 26.8 Å². The summed E-state index contributed by atoms with van der Waals surface area (Å²) in [4.78, 5) is 4.44. The van der Waals surface area contributed by atoms with Crippen LogP contribution >= 0.6 is 24.0 Å². The fraction of sp³-hybridized carbons (Fsp3) is 0.409. The Morgan fingerprint density at radius 2 is 1.77 bits per heavy atom. The summed E-state index contributed by atoms with van der Waals surface area (Å²) in [6, 6.07) is 11.1. The van der Waals surface area contributed by atoms with E-state index in [-0.39, 0.29) is 49.0 Å². The third-order valence-corrected chi connectivity index (χ3v) is 4.32. The highest BCUT2D eigenvalue weighted by Gasteiger charge is 2.15. The van der Waals surface area contributed by atoms with Gasteiger partial charge >= 0.3 is 0 Å². The molecule has 7 nitrogen and oxygen atoms in total.